The molecule has 1 aliphatic rings. The molecule has 0 radical (unpaired) electrons. The third kappa shape index (κ3) is 5.29. The molecule has 1 aromatic carbocycles. The zero-order valence-electron chi connectivity index (χ0n) is 16.4. The van der Waals surface area contributed by atoms with Gasteiger partial charge in [0, 0.05) is 27.6 Å². The standard InChI is InChI=1S/C20H30N4O3/c1-21-20(27)7-5-17(13-25)24(14-26)18-6-4-16(12-19(18)23(2)3)15-8-10-22-11-9-15/h4,6,12-15,17,22H,5,7-11H2,1-3H3,(H,21,27). The van der Waals surface area contributed by atoms with Crippen LogP contribution in [0.2, 0.25) is 0 Å². The second-order valence-electron chi connectivity index (χ2n) is 7.09. The van der Waals surface area contributed by atoms with Gasteiger partial charge in [0.25, 0.3) is 0 Å². The van der Waals surface area contributed by atoms with Crippen molar-refractivity contribution >= 4 is 30.0 Å². The van der Waals surface area contributed by atoms with E-state index >= 15 is 0 Å². The lowest BCUT2D eigenvalue weighted by molar-refractivity contribution is -0.121. The molecule has 1 unspecified atom stereocenters. The minimum Gasteiger partial charge on any atom is -0.376 e. The highest BCUT2D eigenvalue weighted by Gasteiger charge is 2.24. The molecule has 7 nitrogen and oxygen atoms in total. The number of amides is 2. The number of nitrogens with one attached hydrogen (secondary N) is 2. The fourth-order valence-electron chi connectivity index (χ4n) is 3.52. The van der Waals surface area contributed by atoms with Crippen molar-refractivity contribution in [2.75, 3.05) is 44.0 Å². The number of rotatable bonds is 9. The predicted molar refractivity (Wildman–Crippen MR) is 107 cm³/mol. The highest BCUT2D eigenvalue weighted by Crippen LogP contribution is 2.35. The van der Waals surface area contributed by atoms with Crippen LogP contribution in [0.3, 0.4) is 0 Å². The molecule has 2 amide bonds. The van der Waals surface area contributed by atoms with Crippen molar-refractivity contribution in [3.63, 3.8) is 0 Å². The largest absolute Gasteiger partial charge is 0.376 e. The minimum atomic E-state index is -0.678. The summed E-state index contributed by atoms with van der Waals surface area (Å²) >= 11 is 0. The van der Waals surface area contributed by atoms with Crippen LogP contribution in [-0.4, -0.2) is 58.9 Å². The van der Waals surface area contributed by atoms with Crippen molar-refractivity contribution in [1.29, 1.82) is 0 Å². The molecule has 27 heavy (non-hydrogen) atoms. The van der Waals surface area contributed by atoms with Crippen molar-refractivity contribution in [1.82, 2.24) is 10.6 Å². The smallest absolute Gasteiger partial charge is 0.219 e. The molecule has 1 atom stereocenters. The van der Waals surface area contributed by atoms with Gasteiger partial charge in [0.05, 0.1) is 17.4 Å². The first kappa shape index (κ1) is 20.9. The van der Waals surface area contributed by atoms with Crippen LogP contribution in [0.5, 0.6) is 0 Å². The van der Waals surface area contributed by atoms with Crippen molar-refractivity contribution in [3.8, 4) is 0 Å². The maximum Gasteiger partial charge on any atom is 0.219 e. The molecule has 1 heterocycles. The van der Waals surface area contributed by atoms with E-state index in [1.165, 1.54) is 10.5 Å². The van der Waals surface area contributed by atoms with E-state index in [-0.39, 0.29) is 18.7 Å². The van der Waals surface area contributed by atoms with Crippen molar-refractivity contribution in [2.45, 2.75) is 37.6 Å². The van der Waals surface area contributed by atoms with Crippen LogP contribution in [0.4, 0.5) is 11.4 Å². The monoisotopic (exact) mass is 374 g/mol. The molecule has 7 heteroatoms. The van der Waals surface area contributed by atoms with E-state index in [4.69, 9.17) is 0 Å². The Bertz CT molecular complexity index is 657. The third-order valence-corrected chi connectivity index (χ3v) is 5.14. The second-order valence-corrected chi connectivity index (χ2v) is 7.09. The zero-order valence-corrected chi connectivity index (χ0v) is 16.4. The molecule has 1 saturated heterocycles. The Morgan fingerprint density at radius 1 is 1.26 bits per heavy atom. The lowest BCUT2D eigenvalue weighted by Gasteiger charge is -2.30. The molecule has 2 N–H and O–H groups in total. The first-order chi connectivity index (χ1) is 13.0. The second kappa shape index (κ2) is 10.1. The van der Waals surface area contributed by atoms with E-state index in [1.807, 2.05) is 25.1 Å². The third-order valence-electron chi connectivity index (χ3n) is 5.14. The summed E-state index contributed by atoms with van der Waals surface area (Å²) in [5, 5.41) is 5.91. The maximum absolute atomic E-state index is 11.8. The number of hydrogen-bond donors (Lipinski definition) is 2. The van der Waals surface area contributed by atoms with E-state index in [0.717, 1.165) is 37.9 Å². The SMILES string of the molecule is CNC(=O)CCC(C=O)N(C=O)c1ccc(C2CCNCC2)cc1N(C)C. The van der Waals surface area contributed by atoms with Gasteiger partial charge >= 0.3 is 0 Å². The number of benzene rings is 1. The van der Waals surface area contributed by atoms with Gasteiger partial charge in [0.2, 0.25) is 12.3 Å². The van der Waals surface area contributed by atoms with Gasteiger partial charge in [-0.15, -0.1) is 0 Å². The molecule has 1 aromatic rings. The van der Waals surface area contributed by atoms with Gasteiger partial charge in [0.15, 0.2) is 0 Å². The van der Waals surface area contributed by atoms with Crippen molar-refractivity contribution < 1.29 is 14.4 Å². The summed E-state index contributed by atoms with van der Waals surface area (Å²) in [6, 6.07) is 5.40. The molecule has 0 spiro atoms. The average Bonchev–Trinajstić information content (AvgIpc) is 2.71. The molecule has 0 aromatic heterocycles. The number of carbonyl (C=O) groups excluding carboxylic acids is 3. The quantitative estimate of drug-likeness (QED) is 0.637. The number of piperidine rings is 1. The van der Waals surface area contributed by atoms with Gasteiger partial charge in [0.1, 0.15) is 6.29 Å². The molecule has 148 valence electrons. The zero-order chi connectivity index (χ0) is 19.8. The first-order valence-corrected chi connectivity index (χ1v) is 9.43. The molecular formula is C20H30N4O3. The molecule has 0 aliphatic carbocycles. The van der Waals surface area contributed by atoms with Crippen molar-refractivity contribution in [3.05, 3.63) is 23.8 Å². The van der Waals surface area contributed by atoms with Gasteiger partial charge in [-0.1, -0.05) is 6.07 Å². The van der Waals surface area contributed by atoms with Crippen LogP contribution in [0, 0.1) is 0 Å². The number of aldehydes is 1. The Kier molecular flexibility index (Phi) is 7.79. The van der Waals surface area contributed by atoms with E-state index < -0.39 is 6.04 Å². The summed E-state index contributed by atoms with van der Waals surface area (Å²) < 4.78 is 0. The van der Waals surface area contributed by atoms with Crippen LogP contribution < -0.4 is 20.4 Å². The topological polar surface area (TPSA) is 81.8 Å². The van der Waals surface area contributed by atoms with E-state index in [2.05, 4.69) is 22.8 Å². The average molecular weight is 374 g/mol. The lowest BCUT2D eigenvalue weighted by Crippen LogP contribution is -2.37. The number of nitrogens with zero attached hydrogens (tertiary/aromatic N) is 2. The van der Waals surface area contributed by atoms with Gasteiger partial charge < -0.3 is 25.2 Å². The molecule has 1 aliphatic heterocycles. The van der Waals surface area contributed by atoms with Gasteiger partial charge in [-0.3, -0.25) is 9.59 Å². The first-order valence-electron chi connectivity index (χ1n) is 9.43. The molecule has 1 fully saturated rings. The van der Waals surface area contributed by atoms with E-state index in [0.29, 0.717) is 18.0 Å². The van der Waals surface area contributed by atoms with Crippen molar-refractivity contribution in [2.24, 2.45) is 0 Å². The number of hydrogen-bond acceptors (Lipinski definition) is 5. The number of anilines is 2. The molecule has 2 rings (SSSR count). The Hall–Kier alpha value is -2.41. The highest BCUT2D eigenvalue weighted by molar-refractivity contribution is 5.89. The lowest BCUT2D eigenvalue weighted by atomic mass is 9.89. The molecule has 0 saturated carbocycles. The summed E-state index contributed by atoms with van der Waals surface area (Å²) in [7, 11) is 5.41. The summed E-state index contributed by atoms with van der Waals surface area (Å²) in [4.78, 5) is 38.4. The summed E-state index contributed by atoms with van der Waals surface area (Å²) in [6.07, 6.45) is 4.06. The van der Waals surface area contributed by atoms with Gasteiger partial charge in [-0.25, -0.2) is 0 Å². The van der Waals surface area contributed by atoms with Crippen LogP contribution >= 0.6 is 0 Å². The Balaban J connectivity index is 2.30. The van der Waals surface area contributed by atoms with Crippen LogP contribution in [0.1, 0.15) is 37.2 Å². The highest BCUT2D eigenvalue weighted by atomic mass is 16.2. The fourth-order valence-corrected chi connectivity index (χ4v) is 3.52. The maximum atomic E-state index is 11.8. The fraction of sp³-hybridized carbons (Fsp3) is 0.550. The van der Waals surface area contributed by atoms with Crippen LogP contribution in [0.15, 0.2) is 18.2 Å². The summed E-state index contributed by atoms with van der Waals surface area (Å²) in [6.45, 7) is 2.02. The summed E-state index contributed by atoms with van der Waals surface area (Å²) in [5.41, 5.74) is 2.83. The summed E-state index contributed by atoms with van der Waals surface area (Å²) in [5.74, 6) is 0.348. The van der Waals surface area contributed by atoms with E-state index in [1.54, 1.807) is 7.05 Å². The van der Waals surface area contributed by atoms with E-state index in [9.17, 15) is 14.4 Å². The van der Waals surface area contributed by atoms with Gasteiger partial charge in [-0.05, 0) is 56.0 Å². The number of carbonyl (C=O) groups is 3. The molecule has 0 bridgehead atoms. The minimum absolute atomic E-state index is 0.151. The Morgan fingerprint density at radius 3 is 2.52 bits per heavy atom. The molecular weight excluding hydrogens is 344 g/mol. The van der Waals surface area contributed by atoms with Crippen LogP contribution in [-0.2, 0) is 14.4 Å². The normalized spacial score (nSPS) is 15.7. The predicted octanol–water partition coefficient (Wildman–Crippen LogP) is 1.28. The Labute approximate surface area is 161 Å². The van der Waals surface area contributed by atoms with Gasteiger partial charge in [-0.2, -0.15) is 0 Å². The Morgan fingerprint density at radius 2 is 1.96 bits per heavy atom. The van der Waals surface area contributed by atoms with Crippen LogP contribution in [0.25, 0.3) is 0 Å².